The minimum Gasteiger partial charge on any atom is -0.872 e. The Kier molecular flexibility index (Phi) is 5.36. The molecule has 0 unspecified atom stereocenters. The van der Waals surface area contributed by atoms with Crippen LogP contribution in [-0.2, 0) is 11.2 Å². The Labute approximate surface area is 140 Å². The minimum atomic E-state index is -0.649. The first-order valence-electron chi connectivity index (χ1n) is 6.87. The number of nitro groups is 2. The van der Waals surface area contributed by atoms with Crippen LogP contribution >= 0.6 is 0 Å². The van der Waals surface area contributed by atoms with Gasteiger partial charge in [0, 0.05) is 24.3 Å². The van der Waals surface area contributed by atoms with Gasteiger partial charge in [-0.15, -0.1) is 0 Å². The van der Waals surface area contributed by atoms with Crippen molar-refractivity contribution < 1.29 is 19.7 Å². The van der Waals surface area contributed by atoms with Crippen molar-refractivity contribution in [1.82, 2.24) is 5.43 Å². The Morgan fingerprint density at radius 2 is 1.64 bits per heavy atom. The number of hydrogen-bond acceptors (Lipinski definition) is 7. The van der Waals surface area contributed by atoms with E-state index in [-0.39, 0.29) is 23.4 Å². The number of benzene rings is 2. The van der Waals surface area contributed by atoms with Crippen LogP contribution in [0.5, 0.6) is 5.75 Å². The first-order valence-corrected chi connectivity index (χ1v) is 6.87. The molecule has 2 aromatic carbocycles. The van der Waals surface area contributed by atoms with E-state index < -0.39 is 21.5 Å². The van der Waals surface area contributed by atoms with Gasteiger partial charge in [-0.2, -0.15) is 5.10 Å². The van der Waals surface area contributed by atoms with E-state index in [4.69, 9.17) is 0 Å². The van der Waals surface area contributed by atoms with Crippen LogP contribution in [0.1, 0.15) is 11.1 Å². The van der Waals surface area contributed by atoms with Crippen LogP contribution in [0.25, 0.3) is 0 Å². The van der Waals surface area contributed by atoms with Crippen LogP contribution in [0, 0.1) is 20.2 Å². The molecule has 10 heteroatoms. The second-order valence-electron chi connectivity index (χ2n) is 4.87. The first-order chi connectivity index (χ1) is 11.9. The van der Waals surface area contributed by atoms with Crippen molar-refractivity contribution >= 4 is 23.5 Å². The van der Waals surface area contributed by atoms with Gasteiger partial charge in [0.15, 0.2) is 0 Å². The van der Waals surface area contributed by atoms with Gasteiger partial charge in [0.2, 0.25) is 5.91 Å². The molecular weight excluding hydrogens is 332 g/mol. The van der Waals surface area contributed by atoms with Gasteiger partial charge in [-0.05, 0) is 11.1 Å². The van der Waals surface area contributed by atoms with Crippen molar-refractivity contribution in [1.29, 1.82) is 0 Å². The van der Waals surface area contributed by atoms with Gasteiger partial charge in [-0.25, -0.2) is 5.43 Å². The number of hydrazone groups is 1. The maximum atomic E-state index is 11.7. The summed E-state index contributed by atoms with van der Waals surface area (Å²) >= 11 is 0. The van der Waals surface area contributed by atoms with Crippen molar-refractivity contribution in [2.75, 3.05) is 0 Å². The number of nitrogens with one attached hydrogen (secondary N) is 1. The lowest BCUT2D eigenvalue weighted by molar-refractivity contribution is -0.385. The third kappa shape index (κ3) is 4.82. The van der Waals surface area contributed by atoms with E-state index in [1.165, 1.54) is 24.3 Å². The summed E-state index contributed by atoms with van der Waals surface area (Å²) in [6.07, 6.45) is 0.942. The molecule has 25 heavy (non-hydrogen) atoms. The van der Waals surface area contributed by atoms with Gasteiger partial charge in [0.25, 0.3) is 11.4 Å². The number of hydrogen-bond donors (Lipinski definition) is 1. The maximum Gasteiger partial charge on any atom is 0.270 e. The molecule has 0 aliphatic rings. The smallest absolute Gasteiger partial charge is 0.270 e. The predicted octanol–water partition coefficient (Wildman–Crippen LogP) is 1.27. The van der Waals surface area contributed by atoms with Gasteiger partial charge in [0.1, 0.15) is 0 Å². The highest BCUT2D eigenvalue weighted by molar-refractivity contribution is 5.86. The molecule has 0 atom stereocenters. The summed E-state index contributed by atoms with van der Waals surface area (Å²) in [6, 6.07) is 8.60. The lowest BCUT2D eigenvalue weighted by Gasteiger charge is -2.08. The second-order valence-corrected chi connectivity index (χ2v) is 4.87. The summed E-state index contributed by atoms with van der Waals surface area (Å²) in [6.45, 7) is 0. The number of nitrogens with zero attached hydrogens (tertiary/aromatic N) is 3. The monoisotopic (exact) mass is 343 g/mol. The Hall–Kier alpha value is -3.82. The van der Waals surface area contributed by atoms with Crippen LogP contribution < -0.4 is 10.5 Å². The highest BCUT2D eigenvalue weighted by Crippen LogP contribution is 2.19. The summed E-state index contributed by atoms with van der Waals surface area (Å²) in [7, 11) is 0. The predicted molar refractivity (Wildman–Crippen MR) is 85.1 cm³/mol. The van der Waals surface area contributed by atoms with Crippen molar-refractivity contribution in [3.05, 3.63) is 73.8 Å². The van der Waals surface area contributed by atoms with E-state index in [9.17, 15) is 30.1 Å². The number of amides is 1. The minimum absolute atomic E-state index is 0.0372. The van der Waals surface area contributed by atoms with Gasteiger partial charge >= 0.3 is 0 Å². The van der Waals surface area contributed by atoms with Crippen molar-refractivity contribution in [3.8, 4) is 5.75 Å². The van der Waals surface area contributed by atoms with Gasteiger partial charge in [-0.3, -0.25) is 25.0 Å². The molecule has 0 saturated heterocycles. The molecule has 2 rings (SSSR count). The van der Waals surface area contributed by atoms with Crippen LogP contribution in [0.15, 0.2) is 47.6 Å². The van der Waals surface area contributed by atoms with E-state index in [1.807, 2.05) is 0 Å². The zero-order valence-corrected chi connectivity index (χ0v) is 12.6. The molecule has 0 radical (unpaired) electrons. The lowest BCUT2D eigenvalue weighted by Crippen LogP contribution is -2.19. The Balaban J connectivity index is 1.97. The quantitative estimate of drug-likeness (QED) is 0.474. The molecule has 128 valence electrons. The SMILES string of the molecule is O=C(Cc1ccc([N+](=O)[O-])cc1)N/N=C\c1cc([N+](=O)[O-])ccc1[O-]. The highest BCUT2D eigenvalue weighted by Gasteiger charge is 2.07. The Morgan fingerprint density at radius 3 is 2.24 bits per heavy atom. The average molecular weight is 343 g/mol. The number of carbonyl (C=O) groups excluding carboxylic acids is 1. The standard InChI is InChI=1S/C15H12N4O6/c20-14-6-5-13(19(24)25)8-11(14)9-16-17-15(21)7-10-1-3-12(4-2-10)18(22)23/h1-6,8-9,20H,7H2,(H,17,21)/p-1/b16-9-. The van der Waals surface area contributed by atoms with Crippen molar-refractivity contribution in [2.45, 2.75) is 6.42 Å². The van der Waals surface area contributed by atoms with Crippen LogP contribution in [0.2, 0.25) is 0 Å². The fourth-order valence-electron chi connectivity index (χ4n) is 1.88. The molecule has 0 aromatic heterocycles. The molecule has 0 heterocycles. The molecule has 0 fully saturated rings. The van der Waals surface area contributed by atoms with Crippen LogP contribution in [-0.4, -0.2) is 22.0 Å². The molecule has 0 aliphatic carbocycles. The molecule has 1 amide bonds. The number of carbonyl (C=O) groups is 1. The van der Waals surface area contributed by atoms with Crippen LogP contribution in [0.4, 0.5) is 11.4 Å². The van der Waals surface area contributed by atoms with E-state index in [0.717, 1.165) is 24.4 Å². The van der Waals surface area contributed by atoms with Gasteiger partial charge in [-0.1, -0.05) is 23.9 Å². The molecule has 1 N–H and O–H groups in total. The van der Waals surface area contributed by atoms with E-state index in [1.54, 1.807) is 0 Å². The van der Waals surface area contributed by atoms with E-state index >= 15 is 0 Å². The lowest BCUT2D eigenvalue weighted by atomic mass is 10.1. The summed E-state index contributed by atoms with van der Waals surface area (Å²) in [5.41, 5.74) is 2.33. The van der Waals surface area contributed by atoms with Gasteiger partial charge in [0.05, 0.1) is 22.5 Å². The zero-order chi connectivity index (χ0) is 18.4. The molecule has 0 aliphatic heterocycles. The molecule has 0 saturated carbocycles. The number of rotatable bonds is 6. The summed E-state index contributed by atoms with van der Waals surface area (Å²) in [5, 5.41) is 36.4. The van der Waals surface area contributed by atoms with Crippen molar-refractivity contribution in [2.24, 2.45) is 5.10 Å². The maximum absolute atomic E-state index is 11.7. The molecular formula is C15H11N4O6-. The summed E-state index contributed by atoms with van der Waals surface area (Å²) < 4.78 is 0. The highest BCUT2D eigenvalue weighted by atomic mass is 16.6. The molecule has 0 spiro atoms. The first kappa shape index (κ1) is 17.5. The van der Waals surface area contributed by atoms with E-state index in [2.05, 4.69) is 10.5 Å². The number of non-ortho nitro benzene ring substituents is 2. The fraction of sp³-hybridized carbons (Fsp3) is 0.0667. The average Bonchev–Trinajstić information content (AvgIpc) is 2.56. The van der Waals surface area contributed by atoms with E-state index in [0.29, 0.717) is 5.56 Å². The van der Waals surface area contributed by atoms with Crippen LogP contribution in [0.3, 0.4) is 0 Å². The molecule has 10 nitrogen and oxygen atoms in total. The normalized spacial score (nSPS) is 10.6. The Bertz CT molecular complexity index is 848. The van der Waals surface area contributed by atoms with Crippen molar-refractivity contribution in [3.63, 3.8) is 0 Å². The van der Waals surface area contributed by atoms with Gasteiger partial charge < -0.3 is 5.11 Å². The fourth-order valence-corrected chi connectivity index (χ4v) is 1.88. The zero-order valence-electron chi connectivity index (χ0n) is 12.6. The third-order valence-electron chi connectivity index (χ3n) is 3.11. The third-order valence-corrected chi connectivity index (χ3v) is 3.11. The molecule has 0 bridgehead atoms. The largest absolute Gasteiger partial charge is 0.872 e. The second kappa shape index (κ2) is 7.64. The summed E-state index contributed by atoms with van der Waals surface area (Å²) in [5.74, 6) is -0.984. The number of nitro benzene ring substituents is 2. The Morgan fingerprint density at radius 1 is 1.04 bits per heavy atom. The molecule has 2 aromatic rings. The summed E-state index contributed by atoms with van der Waals surface area (Å²) in [4.78, 5) is 31.7. The topological polar surface area (TPSA) is 151 Å².